The van der Waals surface area contributed by atoms with Gasteiger partial charge in [-0.05, 0) is 12.5 Å². The maximum Gasteiger partial charge on any atom is 0.116 e. The van der Waals surface area contributed by atoms with E-state index in [0.717, 1.165) is 17.6 Å². The summed E-state index contributed by atoms with van der Waals surface area (Å²) in [4.78, 5) is 8.72. The molecule has 0 saturated heterocycles. The molecule has 2 nitrogen and oxygen atoms in total. The second-order valence-corrected chi connectivity index (χ2v) is 4.48. The molecule has 0 unspecified atom stereocenters. The first-order valence-corrected chi connectivity index (χ1v) is 5.35. The van der Waals surface area contributed by atoms with E-state index in [9.17, 15) is 0 Å². The lowest BCUT2D eigenvalue weighted by Gasteiger charge is -2.23. The molecule has 1 aromatic carbocycles. The van der Waals surface area contributed by atoms with E-state index < -0.39 is 0 Å². The summed E-state index contributed by atoms with van der Waals surface area (Å²) in [5.74, 6) is 0. The lowest BCUT2D eigenvalue weighted by molar-refractivity contribution is 0.494. The van der Waals surface area contributed by atoms with Crippen LogP contribution < -0.4 is 0 Å². The van der Waals surface area contributed by atoms with Gasteiger partial charge in [0, 0.05) is 10.8 Å². The van der Waals surface area contributed by atoms with Gasteiger partial charge in [0.25, 0.3) is 0 Å². The fourth-order valence-electron chi connectivity index (χ4n) is 1.71. The second-order valence-electron chi connectivity index (χ2n) is 4.48. The van der Waals surface area contributed by atoms with E-state index in [4.69, 9.17) is 0 Å². The molecule has 0 aliphatic rings. The molecule has 78 valence electrons. The molecule has 0 saturated carbocycles. The van der Waals surface area contributed by atoms with Gasteiger partial charge in [0.05, 0.1) is 11.2 Å². The van der Waals surface area contributed by atoms with Gasteiger partial charge in [0.15, 0.2) is 0 Å². The van der Waals surface area contributed by atoms with Crippen LogP contribution in [0.2, 0.25) is 0 Å². The molecule has 0 fully saturated rings. The summed E-state index contributed by atoms with van der Waals surface area (Å²) in [6.07, 6.45) is 2.74. The highest BCUT2D eigenvalue weighted by Gasteiger charge is 2.22. The van der Waals surface area contributed by atoms with Crippen molar-refractivity contribution in [1.29, 1.82) is 0 Å². The van der Waals surface area contributed by atoms with Crippen LogP contribution in [0.15, 0.2) is 30.6 Å². The monoisotopic (exact) mass is 200 g/mol. The van der Waals surface area contributed by atoms with E-state index in [1.807, 2.05) is 18.2 Å². The van der Waals surface area contributed by atoms with Crippen molar-refractivity contribution in [3.8, 4) is 0 Å². The molecular weight excluding hydrogens is 184 g/mol. The van der Waals surface area contributed by atoms with E-state index in [-0.39, 0.29) is 5.41 Å². The van der Waals surface area contributed by atoms with Crippen LogP contribution in [0.5, 0.6) is 0 Å². The fraction of sp³-hybridized carbons (Fsp3) is 0.385. The lowest BCUT2D eigenvalue weighted by Crippen LogP contribution is -2.18. The summed E-state index contributed by atoms with van der Waals surface area (Å²) >= 11 is 0. The first kappa shape index (κ1) is 10.1. The summed E-state index contributed by atoms with van der Waals surface area (Å²) in [5, 5.41) is 1.17. The molecule has 2 aromatic rings. The molecule has 0 N–H and O–H groups in total. The predicted molar refractivity (Wildman–Crippen MR) is 62.9 cm³/mol. The van der Waals surface area contributed by atoms with Gasteiger partial charge >= 0.3 is 0 Å². The van der Waals surface area contributed by atoms with Crippen molar-refractivity contribution >= 4 is 10.9 Å². The smallest absolute Gasteiger partial charge is 0.116 e. The van der Waals surface area contributed by atoms with Crippen molar-refractivity contribution in [2.75, 3.05) is 0 Å². The number of fused-ring (bicyclic) bond motifs is 1. The maximum atomic E-state index is 4.44. The van der Waals surface area contributed by atoms with E-state index >= 15 is 0 Å². The molecule has 0 aliphatic heterocycles. The number of benzene rings is 1. The topological polar surface area (TPSA) is 25.8 Å². The van der Waals surface area contributed by atoms with Crippen molar-refractivity contribution in [1.82, 2.24) is 9.97 Å². The Balaban J connectivity index is 2.71. The number of nitrogens with zero attached hydrogens (tertiary/aromatic N) is 2. The number of hydrogen-bond donors (Lipinski definition) is 0. The van der Waals surface area contributed by atoms with Gasteiger partial charge in [0.1, 0.15) is 6.33 Å². The van der Waals surface area contributed by atoms with Crippen LogP contribution >= 0.6 is 0 Å². The normalized spacial score (nSPS) is 11.9. The molecule has 0 atom stereocenters. The van der Waals surface area contributed by atoms with E-state index in [2.05, 4.69) is 36.8 Å². The highest BCUT2D eigenvalue weighted by Crippen LogP contribution is 2.29. The summed E-state index contributed by atoms with van der Waals surface area (Å²) in [7, 11) is 0. The predicted octanol–water partition coefficient (Wildman–Crippen LogP) is 3.32. The maximum absolute atomic E-state index is 4.44. The van der Waals surface area contributed by atoms with Crippen LogP contribution in [-0.2, 0) is 5.41 Å². The summed E-state index contributed by atoms with van der Waals surface area (Å²) in [6.45, 7) is 6.64. The van der Waals surface area contributed by atoms with Gasteiger partial charge in [-0.3, -0.25) is 0 Å². The van der Waals surface area contributed by atoms with Crippen molar-refractivity contribution in [3.63, 3.8) is 0 Å². The first-order chi connectivity index (χ1) is 7.15. The Hall–Kier alpha value is -1.44. The zero-order valence-corrected chi connectivity index (χ0v) is 9.49. The molecule has 0 aliphatic carbocycles. The van der Waals surface area contributed by atoms with Gasteiger partial charge in [-0.2, -0.15) is 0 Å². The average Bonchev–Trinajstić information content (AvgIpc) is 2.28. The number of rotatable bonds is 2. The zero-order chi connectivity index (χ0) is 10.9. The van der Waals surface area contributed by atoms with Gasteiger partial charge in [0.2, 0.25) is 0 Å². The summed E-state index contributed by atoms with van der Waals surface area (Å²) in [6, 6.07) is 8.19. The Morgan fingerprint density at radius 2 is 1.87 bits per heavy atom. The van der Waals surface area contributed by atoms with Gasteiger partial charge in [-0.1, -0.05) is 39.0 Å². The number of aromatic nitrogens is 2. The third-order valence-electron chi connectivity index (χ3n) is 3.07. The minimum atomic E-state index is 0.114. The van der Waals surface area contributed by atoms with Crippen molar-refractivity contribution in [3.05, 3.63) is 36.3 Å². The van der Waals surface area contributed by atoms with Gasteiger partial charge < -0.3 is 0 Å². The minimum absolute atomic E-state index is 0.114. The Bertz CT molecular complexity index is 469. The van der Waals surface area contributed by atoms with Crippen molar-refractivity contribution in [2.45, 2.75) is 32.6 Å². The Morgan fingerprint density at radius 1 is 1.13 bits per heavy atom. The van der Waals surface area contributed by atoms with Gasteiger partial charge in [-0.25, -0.2) is 9.97 Å². The third-order valence-corrected chi connectivity index (χ3v) is 3.07. The third kappa shape index (κ3) is 1.72. The average molecular weight is 200 g/mol. The quantitative estimate of drug-likeness (QED) is 0.743. The first-order valence-electron chi connectivity index (χ1n) is 5.35. The van der Waals surface area contributed by atoms with Crippen LogP contribution in [-0.4, -0.2) is 9.97 Å². The number of para-hydroxylation sites is 1. The largest absolute Gasteiger partial charge is 0.240 e. The van der Waals surface area contributed by atoms with Crippen LogP contribution in [0.3, 0.4) is 0 Å². The van der Waals surface area contributed by atoms with E-state index in [0.29, 0.717) is 0 Å². The van der Waals surface area contributed by atoms with Crippen LogP contribution in [0, 0.1) is 0 Å². The molecule has 1 heterocycles. The molecule has 1 aromatic heterocycles. The Kier molecular flexibility index (Phi) is 2.43. The summed E-state index contributed by atoms with van der Waals surface area (Å²) in [5.41, 5.74) is 2.29. The Labute approximate surface area is 90.4 Å². The molecule has 0 amide bonds. The lowest BCUT2D eigenvalue weighted by atomic mass is 9.84. The van der Waals surface area contributed by atoms with Crippen molar-refractivity contribution in [2.24, 2.45) is 0 Å². The molecule has 2 heteroatoms. The molecule has 15 heavy (non-hydrogen) atoms. The van der Waals surface area contributed by atoms with E-state index in [1.165, 1.54) is 5.39 Å². The molecule has 0 spiro atoms. The SMILES string of the molecule is CCC(C)(C)c1ncnc2ccccc12. The summed E-state index contributed by atoms with van der Waals surface area (Å²) < 4.78 is 0. The van der Waals surface area contributed by atoms with Crippen LogP contribution in [0.1, 0.15) is 32.9 Å². The molecule has 2 rings (SSSR count). The highest BCUT2D eigenvalue weighted by atomic mass is 14.8. The molecular formula is C13H16N2. The zero-order valence-electron chi connectivity index (χ0n) is 9.49. The van der Waals surface area contributed by atoms with Crippen LogP contribution in [0.25, 0.3) is 10.9 Å². The number of hydrogen-bond acceptors (Lipinski definition) is 2. The second kappa shape index (κ2) is 3.61. The van der Waals surface area contributed by atoms with Crippen LogP contribution in [0.4, 0.5) is 0 Å². The Morgan fingerprint density at radius 3 is 2.60 bits per heavy atom. The van der Waals surface area contributed by atoms with Gasteiger partial charge in [-0.15, -0.1) is 0 Å². The fourth-order valence-corrected chi connectivity index (χ4v) is 1.71. The van der Waals surface area contributed by atoms with E-state index in [1.54, 1.807) is 6.33 Å². The molecule has 0 radical (unpaired) electrons. The molecule has 0 bridgehead atoms. The van der Waals surface area contributed by atoms with Crippen molar-refractivity contribution < 1.29 is 0 Å². The standard InChI is InChI=1S/C13H16N2/c1-4-13(2,3)12-10-7-5-6-8-11(10)14-9-15-12/h5-9H,4H2,1-3H3. The minimum Gasteiger partial charge on any atom is -0.240 e. The highest BCUT2D eigenvalue weighted by molar-refractivity contribution is 5.81.